The average Bonchev–Trinajstić information content (AvgIpc) is 2.86. The van der Waals surface area contributed by atoms with Gasteiger partial charge in [-0.25, -0.2) is 0 Å². The van der Waals surface area contributed by atoms with Crippen LogP contribution in [0.15, 0.2) is 48.7 Å². The Bertz CT molecular complexity index is 812. The lowest BCUT2D eigenvalue weighted by molar-refractivity contribution is -0.137. The predicted octanol–water partition coefficient (Wildman–Crippen LogP) is 2.28. The minimum absolute atomic E-state index is 0.186. The Morgan fingerprint density at radius 1 is 1.27 bits per heavy atom. The molecule has 0 unspecified atom stereocenters. The summed E-state index contributed by atoms with van der Waals surface area (Å²) in [6.45, 7) is 0.223. The molecular formula is C16H15N3O3. The Balaban J connectivity index is 1.83. The monoisotopic (exact) mass is 297 g/mol. The van der Waals surface area contributed by atoms with E-state index in [0.29, 0.717) is 23.6 Å². The van der Waals surface area contributed by atoms with Gasteiger partial charge in [0, 0.05) is 17.6 Å². The maximum Gasteiger partial charge on any atom is 0.325 e. The molecular weight excluding hydrogens is 282 g/mol. The molecule has 0 amide bonds. The molecule has 2 aromatic carbocycles. The number of carboxylic acid groups (broad SMARTS) is 1. The fourth-order valence-electron chi connectivity index (χ4n) is 2.20. The number of nitrogens with zero attached hydrogens (tertiary/aromatic N) is 2. The van der Waals surface area contributed by atoms with Crippen LogP contribution in [0.1, 0.15) is 5.56 Å². The van der Waals surface area contributed by atoms with E-state index in [1.54, 1.807) is 18.3 Å². The molecule has 112 valence electrons. The van der Waals surface area contributed by atoms with Crippen LogP contribution in [0.4, 0.5) is 5.69 Å². The molecule has 0 saturated heterocycles. The first-order chi connectivity index (χ1) is 10.6. The molecule has 6 nitrogen and oxygen atoms in total. The standard InChI is InChI=1S/C16H15N3O3/c17-13-6-12-8-19(9-16(20)21)18-14(12)7-15(13)22-10-11-4-2-1-3-5-11/h1-8H,9-10,17H2,(H,20,21). The number of aromatic nitrogens is 2. The zero-order valence-corrected chi connectivity index (χ0v) is 11.8. The van der Waals surface area contributed by atoms with Gasteiger partial charge in [-0.15, -0.1) is 0 Å². The molecule has 1 heterocycles. The molecule has 0 bridgehead atoms. The lowest BCUT2D eigenvalue weighted by Gasteiger charge is -2.08. The van der Waals surface area contributed by atoms with E-state index in [1.807, 2.05) is 30.3 Å². The molecule has 0 aliphatic heterocycles. The van der Waals surface area contributed by atoms with Gasteiger partial charge in [-0.1, -0.05) is 30.3 Å². The minimum Gasteiger partial charge on any atom is -0.487 e. The number of aliphatic carboxylic acids is 1. The third-order valence-corrected chi connectivity index (χ3v) is 3.22. The van der Waals surface area contributed by atoms with Gasteiger partial charge in [0.25, 0.3) is 0 Å². The van der Waals surface area contributed by atoms with Crippen molar-refractivity contribution in [1.82, 2.24) is 9.78 Å². The van der Waals surface area contributed by atoms with E-state index < -0.39 is 5.97 Å². The second-order valence-corrected chi connectivity index (χ2v) is 4.94. The van der Waals surface area contributed by atoms with Crippen LogP contribution >= 0.6 is 0 Å². The van der Waals surface area contributed by atoms with E-state index >= 15 is 0 Å². The molecule has 0 saturated carbocycles. The van der Waals surface area contributed by atoms with Gasteiger partial charge < -0.3 is 15.6 Å². The van der Waals surface area contributed by atoms with Crippen molar-refractivity contribution in [2.24, 2.45) is 0 Å². The summed E-state index contributed by atoms with van der Waals surface area (Å²) in [6, 6.07) is 13.2. The maximum atomic E-state index is 10.7. The van der Waals surface area contributed by atoms with Crippen molar-refractivity contribution < 1.29 is 14.6 Å². The maximum absolute atomic E-state index is 10.7. The predicted molar refractivity (Wildman–Crippen MR) is 82.6 cm³/mol. The zero-order chi connectivity index (χ0) is 15.5. The first-order valence-corrected chi connectivity index (χ1v) is 6.77. The van der Waals surface area contributed by atoms with Crippen LogP contribution in [-0.2, 0) is 17.9 Å². The fourth-order valence-corrected chi connectivity index (χ4v) is 2.20. The van der Waals surface area contributed by atoms with E-state index in [9.17, 15) is 4.79 Å². The first-order valence-electron chi connectivity index (χ1n) is 6.77. The number of carboxylic acids is 1. The molecule has 0 aliphatic rings. The summed E-state index contributed by atoms with van der Waals surface area (Å²) in [5, 5.41) is 13.8. The molecule has 3 N–H and O–H groups in total. The van der Waals surface area contributed by atoms with Crippen molar-refractivity contribution in [3.8, 4) is 5.75 Å². The van der Waals surface area contributed by atoms with Crippen LogP contribution in [0.25, 0.3) is 10.9 Å². The second kappa shape index (κ2) is 5.77. The van der Waals surface area contributed by atoms with Crippen molar-refractivity contribution in [2.75, 3.05) is 5.73 Å². The fraction of sp³-hybridized carbons (Fsp3) is 0.125. The van der Waals surface area contributed by atoms with E-state index in [2.05, 4.69) is 5.10 Å². The number of ether oxygens (including phenoxy) is 1. The highest BCUT2D eigenvalue weighted by molar-refractivity contribution is 5.85. The van der Waals surface area contributed by atoms with Gasteiger partial charge in [0.15, 0.2) is 0 Å². The van der Waals surface area contributed by atoms with Gasteiger partial charge in [-0.05, 0) is 11.6 Å². The summed E-state index contributed by atoms with van der Waals surface area (Å²) in [4.78, 5) is 10.7. The van der Waals surface area contributed by atoms with Gasteiger partial charge in [-0.3, -0.25) is 9.48 Å². The highest BCUT2D eigenvalue weighted by Gasteiger charge is 2.09. The number of nitrogen functional groups attached to an aromatic ring is 1. The van der Waals surface area contributed by atoms with Crippen LogP contribution in [0.2, 0.25) is 0 Å². The van der Waals surface area contributed by atoms with Crippen LogP contribution in [0.3, 0.4) is 0 Å². The van der Waals surface area contributed by atoms with Crippen LogP contribution in [0.5, 0.6) is 5.75 Å². The van der Waals surface area contributed by atoms with Crippen molar-refractivity contribution >= 4 is 22.6 Å². The summed E-state index contributed by atoms with van der Waals surface area (Å²) in [5.41, 5.74) is 8.17. The number of hydrogen-bond donors (Lipinski definition) is 2. The van der Waals surface area contributed by atoms with Crippen molar-refractivity contribution in [2.45, 2.75) is 13.2 Å². The average molecular weight is 297 g/mol. The normalized spacial score (nSPS) is 10.7. The number of nitrogens with two attached hydrogens (primary N) is 1. The molecule has 1 aromatic heterocycles. The van der Waals surface area contributed by atoms with Crippen LogP contribution < -0.4 is 10.5 Å². The SMILES string of the molecule is Nc1cc2cn(CC(=O)O)nc2cc1OCc1ccccc1. The Kier molecular flexibility index (Phi) is 3.65. The quantitative estimate of drug-likeness (QED) is 0.705. The molecule has 0 aliphatic carbocycles. The highest BCUT2D eigenvalue weighted by Crippen LogP contribution is 2.28. The molecule has 22 heavy (non-hydrogen) atoms. The molecule has 0 atom stereocenters. The van der Waals surface area contributed by atoms with Crippen molar-refractivity contribution in [3.63, 3.8) is 0 Å². The second-order valence-electron chi connectivity index (χ2n) is 4.94. The molecule has 0 radical (unpaired) electrons. The summed E-state index contributed by atoms with van der Waals surface area (Å²) in [6.07, 6.45) is 1.65. The third-order valence-electron chi connectivity index (χ3n) is 3.22. The summed E-state index contributed by atoms with van der Waals surface area (Å²) in [5.74, 6) is -0.404. The minimum atomic E-state index is -0.943. The third kappa shape index (κ3) is 3.01. The largest absolute Gasteiger partial charge is 0.487 e. The summed E-state index contributed by atoms with van der Waals surface area (Å²) in [7, 11) is 0. The first kappa shape index (κ1) is 13.9. The number of carbonyl (C=O) groups is 1. The number of benzene rings is 2. The van der Waals surface area contributed by atoms with E-state index in [1.165, 1.54) is 4.68 Å². The number of rotatable bonds is 5. The molecule has 3 rings (SSSR count). The summed E-state index contributed by atoms with van der Waals surface area (Å²) < 4.78 is 7.10. The summed E-state index contributed by atoms with van der Waals surface area (Å²) >= 11 is 0. The highest BCUT2D eigenvalue weighted by atomic mass is 16.5. The van der Waals surface area contributed by atoms with Gasteiger partial charge in [0.05, 0.1) is 11.2 Å². The lowest BCUT2D eigenvalue weighted by atomic mass is 10.2. The van der Waals surface area contributed by atoms with Gasteiger partial charge in [0.2, 0.25) is 0 Å². The van der Waals surface area contributed by atoms with E-state index in [0.717, 1.165) is 10.9 Å². The van der Waals surface area contributed by atoms with Gasteiger partial charge in [-0.2, -0.15) is 5.10 Å². The topological polar surface area (TPSA) is 90.4 Å². The van der Waals surface area contributed by atoms with Crippen molar-refractivity contribution in [1.29, 1.82) is 0 Å². The number of anilines is 1. The molecule has 3 aromatic rings. The Labute approximate surface area is 126 Å². The van der Waals surface area contributed by atoms with Crippen molar-refractivity contribution in [3.05, 3.63) is 54.2 Å². The number of hydrogen-bond acceptors (Lipinski definition) is 4. The smallest absolute Gasteiger partial charge is 0.325 e. The Morgan fingerprint density at radius 2 is 2.05 bits per heavy atom. The van der Waals surface area contributed by atoms with E-state index in [-0.39, 0.29) is 6.54 Å². The molecule has 0 fully saturated rings. The Morgan fingerprint density at radius 3 is 2.77 bits per heavy atom. The van der Waals surface area contributed by atoms with Crippen LogP contribution in [0, 0.1) is 0 Å². The van der Waals surface area contributed by atoms with E-state index in [4.69, 9.17) is 15.6 Å². The Hall–Kier alpha value is -3.02. The van der Waals surface area contributed by atoms with Crippen LogP contribution in [-0.4, -0.2) is 20.9 Å². The lowest BCUT2D eigenvalue weighted by Crippen LogP contribution is -2.08. The van der Waals surface area contributed by atoms with Gasteiger partial charge in [0.1, 0.15) is 18.9 Å². The van der Waals surface area contributed by atoms with Gasteiger partial charge >= 0.3 is 5.97 Å². The molecule has 6 heteroatoms. The zero-order valence-electron chi connectivity index (χ0n) is 11.8. The number of fused-ring (bicyclic) bond motifs is 1. The molecule has 0 spiro atoms.